The van der Waals surface area contributed by atoms with E-state index in [4.69, 9.17) is 11.1 Å². The van der Waals surface area contributed by atoms with Crippen LogP contribution in [-0.4, -0.2) is 26.9 Å². The molecule has 0 bridgehead atoms. The van der Waals surface area contributed by atoms with Gasteiger partial charge in [0.1, 0.15) is 11.5 Å². The minimum absolute atomic E-state index is 0.0615. The van der Waals surface area contributed by atoms with Crippen LogP contribution in [0.2, 0.25) is 0 Å². The number of allylic oxidation sites excluding steroid dienone is 2. The third-order valence-corrected chi connectivity index (χ3v) is 1.71. The lowest BCUT2D eigenvalue weighted by Crippen LogP contribution is -2.14. The highest BCUT2D eigenvalue weighted by atomic mass is 16.6. The van der Waals surface area contributed by atoms with E-state index >= 15 is 0 Å². The molecular formula is C8H10N4O3. The van der Waals surface area contributed by atoms with Gasteiger partial charge in [-0.15, -0.1) is 0 Å². The molecule has 1 aromatic heterocycles. The van der Waals surface area contributed by atoms with Gasteiger partial charge in [-0.1, -0.05) is 0 Å². The molecule has 1 rings (SSSR count). The highest BCUT2D eigenvalue weighted by Crippen LogP contribution is 2.14. The molecular weight excluding hydrogens is 200 g/mol. The molecule has 15 heavy (non-hydrogen) atoms. The van der Waals surface area contributed by atoms with Crippen LogP contribution in [0.4, 0.5) is 5.82 Å². The molecule has 1 aromatic rings. The number of rotatable bonds is 3. The van der Waals surface area contributed by atoms with Crippen LogP contribution >= 0.6 is 0 Å². The first kappa shape index (κ1) is 10.9. The van der Waals surface area contributed by atoms with Gasteiger partial charge >= 0.3 is 0 Å². The van der Waals surface area contributed by atoms with Gasteiger partial charge in [0.25, 0.3) is 0 Å². The zero-order valence-corrected chi connectivity index (χ0v) is 8.24. The number of nitrogen functional groups attached to an aromatic ring is 1. The van der Waals surface area contributed by atoms with Crippen LogP contribution in [0, 0.1) is 5.41 Å². The second-order valence-corrected chi connectivity index (χ2v) is 2.89. The zero-order valence-electron chi connectivity index (χ0n) is 8.24. The maximum Gasteiger partial charge on any atom is 0.198 e. The number of hydrogen-bond acceptors (Lipinski definition) is 7. The number of aromatic nitrogens is 2. The van der Waals surface area contributed by atoms with Crippen molar-refractivity contribution in [2.75, 3.05) is 5.73 Å². The van der Waals surface area contributed by atoms with E-state index in [1.807, 2.05) is 0 Å². The third-order valence-electron chi connectivity index (χ3n) is 1.71. The average Bonchev–Trinajstić information content (AvgIpc) is 2.49. The van der Waals surface area contributed by atoms with Gasteiger partial charge in [-0.3, -0.25) is 10.2 Å². The number of hydrogen-bond donors (Lipinski definition) is 3. The molecule has 0 fully saturated rings. The smallest absolute Gasteiger partial charge is 0.198 e. The molecule has 0 saturated heterocycles. The lowest BCUT2D eigenvalue weighted by atomic mass is 10.0. The van der Waals surface area contributed by atoms with E-state index in [0.29, 0.717) is 0 Å². The van der Waals surface area contributed by atoms with Gasteiger partial charge in [-0.25, -0.2) is 4.63 Å². The monoisotopic (exact) mass is 210 g/mol. The van der Waals surface area contributed by atoms with Crippen LogP contribution in [0.25, 0.3) is 0 Å². The topological polar surface area (TPSA) is 126 Å². The minimum Gasteiger partial charge on any atom is -0.512 e. The standard InChI is InChI=1S/C8H10N4O3/c1-3(13)5(4(2)14)6(9)7-8(10)12-15-11-7/h9,13H,1-2H3,(H2,10,12)/b5-3+,9-6?. The molecule has 7 nitrogen and oxygen atoms in total. The van der Waals surface area contributed by atoms with Crippen molar-refractivity contribution in [1.29, 1.82) is 5.41 Å². The van der Waals surface area contributed by atoms with E-state index in [0.717, 1.165) is 0 Å². The fourth-order valence-electron chi connectivity index (χ4n) is 1.10. The molecule has 1 heterocycles. The van der Waals surface area contributed by atoms with Crippen LogP contribution in [0.1, 0.15) is 19.5 Å². The average molecular weight is 210 g/mol. The molecule has 0 aliphatic rings. The van der Waals surface area contributed by atoms with Gasteiger partial charge in [0.2, 0.25) is 0 Å². The van der Waals surface area contributed by atoms with Crippen molar-refractivity contribution >= 4 is 17.3 Å². The molecule has 0 aromatic carbocycles. The maximum absolute atomic E-state index is 11.2. The van der Waals surface area contributed by atoms with Crippen LogP contribution in [-0.2, 0) is 4.79 Å². The first-order chi connectivity index (χ1) is 6.95. The van der Waals surface area contributed by atoms with E-state index in [9.17, 15) is 9.90 Å². The Morgan fingerprint density at radius 1 is 1.47 bits per heavy atom. The number of nitrogens with two attached hydrogens (primary N) is 1. The van der Waals surface area contributed by atoms with E-state index in [1.54, 1.807) is 0 Å². The highest BCUT2D eigenvalue weighted by molar-refractivity contribution is 6.27. The van der Waals surface area contributed by atoms with Crippen LogP contribution < -0.4 is 5.73 Å². The first-order valence-electron chi connectivity index (χ1n) is 4.03. The Labute approximate surface area is 85.0 Å². The van der Waals surface area contributed by atoms with Gasteiger partial charge in [-0.05, 0) is 24.2 Å². The SMILES string of the molecule is CC(=O)/C(C(=N)c1nonc1N)=C(/C)O. The summed E-state index contributed by atoms with van der Waals surface area (Å²) in [6.45, 7) is 2.53. The second-order valence-electron chi connectivity index (χ2n) is 2.89. The van der Waals surface area contributed by atoms with E-state index < -0.39 is 5.78 Å². The summed E-state index contributed by atoms with van der Waals surface area (Å²) in [6, 6.07) is 0. The molecule has 0 saturated carbocycles. The quantitative estimate of drug-likeness (QED) is 0.377. The van der Waals surface area contributed by atoms with Gasteiger partial charge in [0.05, 0.1) is 5.57 Å². The van der Waals surface area contributed by atoms with Crippen molar-refractivity contribution in [3.63, 3.8) is 0 Å². The maximum atomic E-state index is 11.2. The number of carbonyl (C=O) groups is 1. The lowest BCUT2D eigenvalue weighted by Gasteiger charge is -2.03. The summed E-state index contributed by atoms with van der Waals surface area (Å²) in [6.07, 6.45) is 0. The zero-order chi connectivity index (χ0) is 11.6. The first-order valence-corrected chi connectivity index (χ1v) is 4.03. The summed E-state index contributed by atoms with van der Waals surface area (Å²) in [5, 5.41) is 23.5. The Balaban J connectivity index is 3.20. The summed E-state index contributed by atoms with van der Waals surface area (Å²) >= 11 is 0. The van der Waals surface area contributed by atoms with Gasteiger partial charge < -0.3 is 10.8 Å². The normalized spacial score (nSPS) is 12.1. The summed E-state index contributed by atoms with van der Waals surface area (Å²) < 4.78 is 4.29. The second kappa shape index (κ2) is 3.91. The predicted molar refractivity (Wildman–Crippen MR) is 51.5 cm³/mol. The molecule has 0 radical (unpaired) electrons. The summed E-state index contributed by atoms with van der Waals surface area (Å²) in [5.41, 5.74) is 4.83. The number of aliphatic hydroxyl groups is 1. The molecule has 0 aliphatic heterocycles. The number of ketones is 1. The number of aliphatic hydroxyl groups excluding tert-OH is 1. The molecule has 0 aliphatic carbocycles. The van der Waals surface area contributed by atoms with E-state index in [1.165, 1.54) is 13.8 Å². The number of carbonyl (C=O) groups excluding carboxylic acids is 1. The Morgan fingerprint density at radius 2 is 2.07 bits per heavy atom. The number of anilines is 1. The number of nitrogens with zero attached hydrogens (tertiary/aromatic N) is 2. The molecule has 0 amide bonds. The van der Waals surface area contributed by atoms with Crippen molar-refractivity contribution in [3.05, 3.63) is 17.0 Å². The van der Waals surface area contributed by atoms with Gasteiger partial charge in [0, 0.05) is 0 Å². The summed E-state index contributed by atoms with van der Waals surface area (Å²) in [4.78, 5) is 11.2. The molecule has 80 valence electrons. The minimum atomic E-state index is -0.456. The Morgan fingerprint density at radius 3 is 2.40 bits per heavy atom. The Hall–Kier alpha value is -2.18. The Bertz CT molecular complexity index is 442. The molecule has 0 spiro atoms. The van der Waals surface area contributed by atoms with Crippen molar-refractivity contribution in [2.24, 2.45) is 0 Å². The largest absolute Gasteiger partial charge is 0.512 e. The highest BCUT2D eigenvalue weighted by Gasteiger charge is 2.21. The fraction of sp³-hybridized carbons (Fsp3) is 0.250. The predicted octanol–water partition coefficient (Wildman–Crippen LogP) is 0.441. The molecule has 0 atom stereocenters. The fourth-order valence-corrected chi connectivity index (χ4v) is 1.10. The van der Waals surface area contributed by atoms with Gasteiger partial charge in [0.15, 0.2) is 17.3 Å². The third kappa shape index (κ3) is 2.01. The summed E-state index contributed by atoms with van der Waals surface area (Å²) in [7, 11) is 0. The van der Waals surface area contributed by atoms with E-state index in [-0.39, 0.29) is 28.6 Å². The van der Waals surface area contributed by atoms with E-state index in [2.05, 4.69) is 14.9 Å². The Kier molecular flexibility index (Phi) is 2.84. The molecule has 4 N–H and O–H groups in total. The van der Waals surface area contributed by atoms with Crippen molar-refractivity contribution < 1.29 is 14.5 Å². The van der Waals surface area contributed by atoms with Crippen LogP contribution in [0.5, 0.6) is 0 Å². The number of nitrogens with one attached hydrogen (secondary N) is 1. The summed E-state index contributed by atoms with van der Waals surface area (Å²) in [5.74, 6) is -0.822. The number of Topliss-reactive ketones (excluding diaryl/α,β-unsaturated/α-hetero) is 1. The van der Waals surface area contributed by atoms with Crippen molar-refractivity contribution in [1.82, 2.24) is 10.3 Å². The molecule has 7 heteroatoms. The van der Waals surface area contributed by atoms with Crippen LogP contribution in [0.3, 0.4) is 0 Å². The molecule has 0 unspecified atom stereocenters. The van der Waals surface area contributed by atoms with Crippen LogP contribution in [0.15, 0.2) is 16.0 Å². The lowest BCUT2D eigenvalue weighted by molar-refractivity contribution is -0.113. The van der Waals surface area contributed by atoms with Crippen molar-refractivity contribution in [2.45, 2.75) is 13.8 Å². The van der Waals surface area contributed by atoms with Gasteiger partial charge in [-0.2, -0.15) is 0 Å². The van der Waals surface area contributed by atoms with Crippen molar-refractivity contribution in [3.8, 4) is 0 Å².